The molecule has 152 valence electrons. The molecule has 0 atom stereocenters. The summed E-state index contributed by atoms with van der Waals surface area (Å²) in [5.74, 6) is 0.996. The van der Waals surface area contributed by atoms with Gasteiger partial charge >= 0.3 is 0 Å². The van der Waals surface area contributed by atoms with Gasteiger partial charge < -0.3 is 14.5 Å². The molecule has 6 nitrogen and oxygen atoms in total. The second-order valence-corrected chi connectivity index (χ2v) is 7.86. The van der Waals surface area contributed by atoms with Crippen molar-refractivity contribution in [2.24, 2.45) is 5.16 Å². The highest BCUT2D eigenvalue weighted by molar-refractivity contribution is 6.05. The van der Waals surface area contributed by atoms with Gasteiger partial charge in [0.05, 0.1) is 5.71 Å². The Labute approximate surface area is 174 Å². The van der Waals surface area contributed by atoms with E-state index in [1.165, 1.54) is 6.42 Å². The summed E-state index contributed by atoms with van der Waals surface area (Å²) in [4.78, 5) is 19.1. The van der Waals surface area contributed by atoms with Gasteiger partial charge in [-0.05, 0) is 61.4 Å². The summed E-state index contributed by atoms with van der Waals surface area (Å²) in [6.07, 6.45) is 8.26. The van der Waals surface area contributed by atoms with Crippen LogP contribution in [0.3, 0.4) is 0 Å². The van der Waals surface area contributed by atoms with E-state index >= 15 is 0 Å². The van der Waals surface area contributed by atoms with Crippen LogP contribution < -0.4 is 0 Å². The second-order valence-electron chi connectivity index (χ2n) is 7.86. The van der Waals surface area contributed by atoms with Gasteiger partial charge in [-0.2, -0.15) is 0 Å². The monoisotopic (exact) mass is 401 g/mol. The van der Waals surface area contributed by atoms with E-state index in [0.717, 1.165) is 72.3 Å². The standard InChI is InChI=1S/C24H23N3O3/c28-24(27-12-2-1-3-13-27)22-15-20(23(30-22)16-8-10-25-11-9-16)18-4-6-19-17(14-18)5-7-21(19)26-29/h4,6,8-11,14-15,29H,1-3,5,7,12-13H2. The van der Waals surface area contributed by atoms with Gasteiger partial charge in [0, 0.05) is 42.2 Å². The summed E-state index contributed by atoms with van der Waals surface area (Å²) < 4.78 is 6.15. The summed E-state index contributed by atoms with van der Waals surface area (Å²) in [5.41, 5.74) is 5.61. The van der Waals surface area contributed by atoms with Gasteiger partial charge in [0.25, 0.3) is 5.91 Å². The van der Waals surface area contributed by atoms with Crippen LogP contribution in [0.25, 0.3) is 22.5 Å². The molecule has 1 saturated heterocycles. The predicted molar refractivity (Wildman–Crippen MR) is 114 cm³/mol. The molecular weight excluding hydrogens is 378 g/mol. The fraction of sp³-hybridized carbons (Fsp3) is 0.292. The molecule has 2 aromatic heterocycles. The molecule has 0 saturated carbocycles. The first-order valence-electron chi connectivity index (χ1n) is 10.4. The van der Waals surface area contributed by atoms with Crippen LogP contribution in [0.2, 0.25) is 0 Å². The smallest absolute Gasteiger partial charge is 0.289 e. The number of aromatic nitrogens is 1. The quantitative estimate of drug-likeness (QED) is 0.507. The maximum atomic E-state index is 13.1. The number of carbonyl (C=O) groups is 1. The normalized spacial score (nSPS) is 17.3. The molecule has 5 rings (SSSR count). The van der Waals surface area contributed by atoms with Crippen LogP contribution in [0.5, 0.6) is 0 Å². The van der Waals surface area contributed by atoms with Crippen molar-refractivity contribution >= 4 is 11.6 Å². The Balaban J connectivity index is 1.58. The van der Waals surface area contributed by atoms with Crippen LogP contribution in [-0.2, 0) is 6.42 Å². The van der Waals surface area contributed by atoms with E-state index < -0.39 is 0 Å². The first-order valence-corrected chi connectivity index (χ1v) is 10.4. The van der Waals surface area contributed by atoms with Crippen LogP contribution in [0.15, 0.2) is 58.4 Å². The van der Waals surface area contributed by atoms with Crippen LogP contribution >= 0.6 is 0 Å². The molecular formula is C24H23N3O3. The summed E-state index contributed by atoms with van der Waals surface area (Å²) in [6, 6.07) is 11.7. The highest BCUT2D eigenvalue weighted by Gasteiger charge is 2.26. The zero-order chi connectivity index (χ0) is 20.5. The lowest BCUT2D eigenvalue weighted by molar-refractivity contribution is 0.0693. The number of rotatable bonds is 3. The van der Waals surface area contributed by atoms with E-state index in [-0.39, 0.29) is 5.91 Å². The number of piperidine rings is 1. The Morgan fingerprint density at radius 3 is 2.53 bits per heavy atom. The molecule has 1 fully saturated rings. The zero-order valence-corrected chi connectivity index (χ0v) is 16.7. The molecule has 0 bridgehead atoms. The molecule has 0 spiro atoms. The van der Waals surface area contributed by atoms with Crippen molar-refractivity contribution in [2.45, 2.75) is 32.1 Å². The first-order chi connectivity index (χ1) is 14.7. The lowest BCUT2D eigenvalue weighted by Crippen LogP contribution is -2.35. The minimum atomic E-state index is -0.0490. The van der Waals surface area contributed by atoms with Gasteiger partial charge in [0.2, 0.25) is 0 Å². The minimum absolute atomic E-state index is 0.0490. The van der Waals surface area contributed by atoms with E-state index in [0.29, 0.717) is 11.5 Å². The molecule has 2 aliphatic rings. The highest BCUT2D eigenvalue weighted by atomic mass is 16.4. The van der Waals surface area contributed by atoms with E-state index in [1.54, 1.807) is 12.4 Å². The maximum absolute atomic E-state index is 13.1. The van der Waals surface area contributed by atoms with Gasteiger partial charge in [0.15, 0.2) is 5.76 Å². The molecule has 3 aromatic rings. The van der Waals surface area contributed by atoms with Crippen LogP contribution in [0.4, 0.5) is 0 Å². The van der Waals surface area contributed by atoms with Crippen LogP contribution in [-0.4, -0.2) is 39.8 Å². The van der Waals surface area contributed by atoms with E-state index in [9.17, 15) is 10.0 Å². The lowest BCUT2D eigenvalue weighted by Gasteiger charge is -2.25. The van der Waals surface area contributed by atoms with Crippen molar-refractivity contribution in [3.8, 4) is 22.5 Å². The number of fused-ring (bicyclic) bond motifs is 1. The largest absolute Gasteiger partial charge is 0.450 e. The van der Waals surface area contributed by atoms with Crippen LogP contribution in [0, 0.1) is 0 Å². The molecule has 1 N–H and O–H groups in total. The van der Waals surface area contributed by atoms with Gasteiger partial charge in [-0.25, -0.2) is 0 Å². The van der Waals surface area contributed by atoms with Crippen molar-refractivity contribution < 1.29 is 14.4 Å². The lowest BCUT2D eigenvalue weighted by atomic mass is 9.98. The summed E-state index contributed by atoms with van der Waals surface area (Å²) in [5, 5.41) is 12.6. The summed E-state index contributed by atoms with van der Waals surface area (Å²) in [7, 11) is 0. The predicted octanol–water partition coefficient (Wildman–Crippen LogP) is 4.76. The number of hydrogen-bond donors (Lipinski definition) is 1. The highest BCUT2D eigenvalue weighted by Crippen LogP contribution is 2.37. The number of aryl methyl sites for hydroxylation is 1. The molecule has 3 heterocycles. The van der Waals surface area contributed by atoms with Gasteiger partial charge in [-0.1, -0.05) is 23.4 Å². The number of hydrogen-bond acceptors (Lipinski definition) is 5. The average molecular weight is 401 g/mol. The van der Waals surface area contributed by atoms with E-state index in [2.05, 4.69) is 16.2 Å². The number of nitrogens with zero attached hydrogens (tertiary/aromatic N) is 3. The number of benzene rings is 1. The summed E-state index contributed by atoms with van der Waals surface area (Å²) in [6.45, 7) is 1.56. The number of amides is 1. The third-order valence-electron chi connectivity index (χ3n) is 6.01. The number of furan rings is 1. The molecule has 1 aromatic carbocycles. The fourth-order valence-corrected chi connectivity index (χ4v) is 4.42. The SMILES string of the molecule is O=C(c1cc(-c2ccc3c(c2)CCC3=NO)c(-c2ccncc2)o1)N1CCCCC1. The number of oxime groups is 1. The Bertz CT molecular complexity index is 1110. The third kappa shape index (κ3) is 3.28. The van der Waals surface area contributed by atoms with E-state index in [4.69, 9.17) is 4.42 Å². The van der Waals surface area contributed by atoms with Crippen molar-refractivity contribution in [1.29, 1.82) is 0 Å². The van der Waals surface area contributed by atoms with Crippen molar-refractivity contribution in [3.05, 3.63) is 65.7 Å². The average Bonchev–Trinajstić information content (AvgIpc) is 3.44. The third-order valence-corrected chi connectivity index (χ3v) is 6.01. The number of pyridine rings is 1. The zero-order valence-electron chi connectivity index (χ0n) is 16.7. The first kappa shape index (κ1) is 18.6. The molecule has 6 heteroatoms. The second kappa shape index (κ2) is 7.78. The summed E-state index contributed by atoms with van der Waals surface area (Å²) >= 11 is 0. The molecule has 1 amide bonds. The van der Waals surface area contributed by atoms with Crippen LogP contribution in [0.1, 0.15) is 47.4 Å². The van der Waals surface area contributed by atoms with Crippen molar-refractivity contribution in [3.63, 3.8) is 0 Å². The Hall–Kier alpha value is -3.41. The minimum Gasteiger partial charge on any atom is -0.450 e. The Kier molecular flexibility index (Phi) is 4.83. The van der Waals surface area contributed by atoms with Gasteiger partial charge in [-0.3, -0.25) is 9.78 Å². The topological polar surface area (TPSA) is 78.9 Å². The van der Waals surface area contributed by atoms with Crippen molar-refractivity contribution in [2.75, 3.05) is 13.1 Å². The maximum Gasteiger partial charge on any atom is 0.289 e. The van der Waals surface area contributed by atoms with Gasteiger partial charge in [0.1, 0.15) is 5.76 Å². The Morgan fingerprint density at radius 2 is 1.77 bits per heavy atom. The van der Waals surface area contributed by atoms with E-state index in [1.807, 2.05) is 35.2 Å². The molecule has 0 radical (unpaired) electrons. The number of carbonyl (C=O) groups excluding carboxylic acids is 1. The molecule has 1 aliphatic heterocycles. The number of likely N-dealkylation sites (tertiary alicyclic amines) is 1. The molecule has 0 unspecified atom stereocenters. The van der Waals surface area contributed by atoms with Crippen molar-refractivity contribution in [1.82, 2.24) is 9.88 Å². The van der Waals surface area contributed by atoms with Gasteiger partial charge in [-0.15, -0.1) is 0 Å². The fourth-order valence-electron chi connectivity index (χ4n) is 4.42. The Morgan fingerprint density at radius 1 is 0.967 bits per heavy atom. The molecule has 30 heavy (non-hydrogen) atoms. The molecule has 1 aliphatic carbocycles.